The Hall–Kier alpha value is -1.47. The summed E-state index contributed by atoms with van der Waals surface area (Å²) in [6.45, 7) is 9.78. The zero-order valence-corrected chi connectivity index (χ0v) is 14.0. The van der Waals surface area contributed by atoms with Crippen LogP contribution in [0.25, 0.3) is 0 Å². The van der Waals surface area contributed by atoms with Gasteiger partial charge in [-0.3, -0.25) is 0 Å². The summed E-state index contributed by atoms with van der Waals surface area (Å²) < 4.78 is 0. The number of hydrogen-bond donors (Lipinski definition) is 1. The highest BCUT2D eigenvalue weighted by atomic mass is 35.5. The highest BCUT2D eigenvalue weighted by Gasteiger charge is 2.09. The predicted octanol–water partition coefficient (Wildman–Crippen LogP) is 6.20. The monoisotopic (exact) mass is 301 g/mol. The number of nitrogens with one attached hydrogen (secondary N) is 1. The van der Waals surface area contributed by atoms with Crippen LogP contribution in [0.2, 0.25) is 5.02 Å². The van der Waals surface area contributed by atoms with E-state index < -0.39 is 0 Å². The van der Waals surface area contributed by atoms with E-state index in [1.165, 1.54) is 22.4 Å². The molecule has 0 spiro atoms. The summed E-state index contributed by atoms with van der Waals surface area (Å²) in [6, 6.07) is 14.8. The van der Waals surface area contributed by atoms with Crippen LogP contribution < -0.4 is 5.32 Å². The fourth-order valence-electron chi connectivity index (χ4n) is 2.38. The summed E-state index contributed by atoms with van der Waals surface area (Å²) in [7, 11) is 0. The van der Waals surface area contributed by atoms with Crippen molar-refractivity contribution < 1.29 is 0 Å². The topological polar surface area (TPSA) is 12.0 Å². The van der Waals surface area contributed by atoms with Gasteiger partial charge >= 0.3 is 0 Å². The molecule has 0 aliphatic rings. The first-order chi connectivity index (χ1) is 9.97. The first-order valence-corrected chi connectivity index (χ1v) is 7.97. The van der Waals surface area contributed by atoms with E-state index in [2.05, 4.69) is 63.3 Å². The first kappa shape index (κ1) is 15.9. The van der Waals surface area contributed by atoms with E-state index in [1.54, 1.807) is 0 Å². The van der Waals surface area contributed by atoms with Crippen LogP contribution in [0, 0.1) is 0 Å². The fourth-order valence-corrected chi connectivity index (χ4v) is 2.50. The zero-order valence-electron chi connectivity index (χ0n) is 13.3. The Morgan fingerprint density at radius 2 is 1.57 bits per heavy atom. The minimum absolute atomic E-state index is 0.511. The molecule has 0 aliphatic carbocycles. The Kier molecular flexibility index (Phi) is 5.30. The van der Waals surface area contributed by atoms with Crippen LogP contribution in [-0.2, 0) is 6.54 Å². The molecule has 0 saturated carbocycles. The van der Waals surface area contributed by atoms with E-state index in [-0.39, 0.29) is 0 Å². The second kappa shape index (κ2) is 7.00. The summed E-state index contributed by atoms with van der Waals surface area (Å²) in [5.74, 6) is 1.07. The SMILES string of the molecule is CC(C)c1ccc(NCc2ccc(Cl)cc2)c(C(C)C)c1. The van der Waals surface area contributed by atoms with Crippen molar-refractivity contribution in [2.75, 3.05) is 5.32 Å². The molecule has 21 heavy (non-hydrogen) atoms. The van der Waals surface area contributed by atoms with Crippen LogP contribution in [0.1, 0.15) is 56.2 Å². The molecule has 2 aromatic rings. The number of halogens is 1. The van der Waals surface area contributed by atoms with Crippen molar-refractivity contribution in [3.05, 3.63) is 64.2 Å². The lowest BCUT2D eigenvalue weighted by Gasteiger charge is -2.18. The van der Waals surface area contributed by atoms with E-state index in [1.807, 2.05) is 12.1 Å². The van der Waals surface area contributed by atoms with Gasteiger partial charge in [-0.25, -0.2) is 0 Å². The van der Waals surface area contributed by atoms with Crippen molar-refractivity contribution in [2.24, 2.45) is 0 Å². The number of anilines is 1. The van der Waals surface area contributed by atoms with Crippen molar-refractivity contribution in [1.82, 2.24) is 0 Å². The fraction of sp³-hybridized carbons (Fsp3) is 0.368. The van der Waals surface area contributed by atoms with E-state index >= 15 is 0 Å². The van der Waals surface area contributed by atoms with E-state index in [9.17, 15) is 0 Å². The van der Waals surface area contributed by atoms with Gasteiger partial charge in [0.25, 0.3) is 0 Å². The molecule has 2 aromatic carbocycles. The molecule has 0 unspecified atom stereocenters. The lowest BCUT2D eigenvalue weighted by atomic mass is 9.94. The molecular formula is C19H24ClN. The van der Waals surface area contributed by atoms with Crippen molar-refractivity contribution >= 4 is 17.3 Å². The van der Waals surface area contributed by atoms with E-state index in [4.69, 9.17) is 11.6 Å². The van der Waals surface area contributed by atoms with Gasteiger partial charge in [-0.2, -0.15) is 0 Å². The lowest BCUT2D eigenvalue weighted by molar-refractivity contribution is 0.833. The molecule has 0 aromatic heterocycles. The average Bonchev–Trinajstić information content (AvgIpc) is 2.46. The van der Waals surface area contributed by atoms with Gasteiger partial charge in [0.2, 0.25) is 0 Å². The highest BCUT2D eigenvalue weighted by molar-refractivity contribution is 6.30. The maximum absolute atomic E-state index is 5.92. The molecule has 0 atom stereocenters. The van der Waals surface area contributed by atoms with Crippen molar-refractivity contribution in [1.29, 1.82) is 0 Å². The Bertz CT molecular complexity index is 585. The number of benzene rings is 2. The zero-order chi connectivity index (χ0) is 15.4. The molecule has 2 rings (SSSR count). The summed E-state index contributed by atoms with van der Waals surface area (Å²) in [5.41, 5.74) is 5.25. The Morgan fingerprint density at radius 1 is 0.905 bits per heavy atom. The van der Waals surface area contributed by atoms with Gasteiger partial charge < -0.3 is 5.32 Å². The minimum atomic E-state index is 0.511. The first-order valence-electron chi connectivity index (χ1n) is 7.59. The third kappa shape index (κ3) is 4.25. The quantitative estimate of drug-likeness (QED) is 0.693. The molecule has 0 fully saturated rings. The summed E-state index contributed by atoms with van der Waals surface area (Å²) in [6.07, 6.45) is 0. The van der Waals surface area contributed by atoms with Crippen LogP contribution in [0.15, 0.2) is 42.5 Å². The Morgan fingerprint density at radius 3 is 2.14 bits per heavy atom. The van der Waals surface area contributed by atoms with Crippen molar-refractivity contribution in [3.8, 4) is 0 Å². The molecule has 1 N–H and O–H groups in total. The molecule has 2 heteroatoms. The molecular weight excluding hydrogens is 278 g/mol. The Labute approximate surface area is 133 Å². The van der Waals surface area contributed by atoms with Gasteiger partial charge in [-0.15, -0.1) is 0 Å². The maximum atomic E-state index is 5.92. The third-order valence-corrected chi connectivity index (χ3v) is 4.01. The number of hydrogen-bond acceptors (Lipinski definition) is 1. The molecule has 0 aliphatic heterocycles. The average molecular weight is 302 g/mol. The molecule has 0 bridgehead atoms. The summed E-state index contributed by atoms with van der Waals surface area (Å²) in [4.78, 5) is 0. The molecule has 112 valence electrons. The van der Waals surface area contributed by atoms with Gasteiger partial charge in [0.15, 0.2) is 0 Å². The second-order valence-corrected chi connectivity index (χ2v) is 6.57. The van der Waals surface area contributed by atoms with E-state index in [0.717, 1.165) is 11.6 Å². The molecule has 0 amide bonds. The molecule has 0 radical (unpaired) electrons. The molecule has 0 saturated heterocycles. The normalized spacial score (nSPS) is 11.2. The van der Waals surface area contributed by atoms with Crippen LogP contribution in [0.4, 0.5) is 5.69 Å². The standard InChI is InChI=1S/C19H24ClN/c1-13(2)16-7-10-19(18(11-16)14(3)4)21-12-15-5-8-17(20)9-6-15/h5-11,13-14,21H,12H2,1-4H3. The minimum Gasteiger partial charge on any atom is -0.381 e. The van der Waals surface area contributed by atoms with Gasteiger partial charge in [-0.05, 0) is 46.7 Å². The maximum Gasteiger partial charge on any atom is 0.0406 e. The van der Waals surface area contributed by atoms with Crippen LogP contribution >= 0.6 is 11.6 Å². The smallest absolute Gasteiger partial charge is 0.0406 e. The van der Waals surface area contributed by atoms with Gasteiger partial charge in [0.1, 0.15) is 0 Å². The van der Waals surface area contributed by atoms with Gasteiger partial charge in [0.05, 0.1) is 0 Å². The largest absolute Gasteiger partial charge is 0.381 e. The van der Waals surface area contributed by atoms with Crippen LogP contribution in [0.5, 0.6) is 0 Å². The highest BCUT2D eigenvalue weighted by Crippen LogP contribution is 2.28. The Balaban J connectivity index is 2.17. The van der Waals surface area contributed by atoms with E-state index in [0.29, 0.717) is 11.8 Å². The third-order valence-electron chi connectivity index (χ3n) is 3.76. The number of rotatable bonds is 5. The summed E-state index contributed by atoms with van der Waals surface area (Å²) in [5, 5.41) is 4.33. The van der Waals surface area contributed by atoms with Crippen LogP contribution in [-0.4, -0.2) is 0 Å². The molecule has 0 heterocycles. The van der Waals surface area contributed by atoms with Crippen molar-refractivity contribution in [3.63, 3.8) is 0 Å². The van der Waals surface area contributed by atoms with Gasteiger partial charge in [-0.1, -0.05) is 63.6 Å². The predicted molar refractivity (Wildman–Crippen MR) is 93.4 cm³/mol. The van der Waals surface area contributed by atoms with Gasteiger partial charge in [0, 0.05) is 17.3 Å². The van der Waals surface area contributed by atoms with Crippen LogP contribution in [0.3, 0.4) is 0 Å². The van der Waals surface area contributed by atoms with Crippen molar-refractivity contribution in [2.45, 2.75) is 46.1 Å². The second-order valence-electron chi connectivity index (χ2n) is 6.14. The lowest BCUT2D eigenvalue weighted by Crippen LogP contribution is -2.04. The summed E-state index contributed by atoms with van der Waals surface area (Å²) >= 11 is 5.92. The molecule has 1 nitrogen and oxygen atoms in total.